The highest BCUT2D eigenvalue weighted by molar-refractivity contribution is 6.04. The number of nitrogens with zero attached hydrogens (tertiary/aromatic N) is 1. The van der Waals surface area contributed by atoms with Crippen molar-refractivity contribution in [1.82, 2.24) is 0 Å². The molecule has 0 N–H and O–H groups in total. The predicted octanol–water partition coefficient (Wildman–Crippen LogP) is 4.87. The van der Waals surface area contributed by atoms with Gasteiger partial charge >= 0.3 is 5.97 Å². The third kappa shape index (κ3) is 7.05. The SMILES string of the molecule is COCC(COC)N(C(=O)C1CCC(C)CC1)c1ccc(OCc2ccccc2)cc1C(=O)OC. The van der Waals surface area contributed by atoms with E-state index in [1.165, 1.54) is 7.11 Å². The van der Waals surface area contributed by atoms with E-state index in [0.29, 0.717) is 24.0 Å². The largest absolute Gasteiger partial charge is 0.489 e. The highest BCUT2D eigenvalue weighted by atomic mass is 16.5. The van der Waals surface area contributed by atoms with Crippen LogP contribution in [-0.4, -0.2) is 52.5 Å². The second kappa shape index (κ2) is 13.3. The van der Waals surface area contributed by atoms with Gasteiger partial charge in [-0.3, -0.25) is 4.79 Å². The van der Waals surface area contributed by atoms with E-state index in [4.69, 9.17) is 18.9 Å². The molecule has 2 aromatic carbocycles. The Bertz CT molecular complexity index is 949. The first kappa shape index (κ1) is 26.7. The molecule has 2 aromatic rings. The van der Waals surface area contributed by atoms with Crippen LogP contribution in [0.5, 0.6) is 5.75 Å². The summed E-state index contributed by atoms with van der Waals surface area (Å²) < 4.78 is 21.9. The molecule has 0 aliphatic heterocycles. The van der Waals surface area contributed by atoms with Crippen LogP contribution in [0.25, 0.3) is 0 Å². The van der Waals surface area contributed by atoms with E-state index in [0.717, 1.165) is 31.2 Å². The Hall–Kier alpha value is -2.90. The van der Waals surface area contributed by atoms with Crippen LogP contribution in [0.2, 0.25) is 0 Å². The Morgan fingerprint density at radius 3 is 2.20 bits per heavy atom. The van der Waals surface area contributed by atoms with Crippen LogP contribution in [0.15, 0.2) is 48.5 Å². The molecular weight excluding hydrogens is 446 g/mol. The highest BCUT2D eigenvalue weighted by Gasteiger charge is 2.35. The Morgan fingerprint density at radius 1 is 0.943 bits per heavy atom. The van der Waals surface area contributed by atoms with E-state index in [2.05, 4.69) is 6.92 Å². The monoisotopic (exact) mass is 483 g/mol. The summed E-state index contributed by atoms with van der Waals surface area (Å²) in [5.74, 6) is 0.481. The molecule has 3 rings (SSSR count). The number of carbonyl (C=O) groups excluding carboxylic acids is 2. The van der Waals surface area contributed by atoms with Crippen LogP contribution < -0.4 is 9.64 Å². The molecule has 0 saturated heterocycles. The van der Waals surface area contributed by atoms with Gasteiger partial charge in [-0.25, -0.2) is 4.79 Å². The number of esters is 1. The lowest BCUT2D eigenvalue weighted by atomic mass is 9.82. The summed E-state index contributed by atoms with van der Waals surface area (Å²) in [5, 5.41) is 0. The summed E-state index contributed by atoms with van der Waals surface area (Å²) in [5.41, 5.74) is 1.76. The molecule has 7 nitrogen and oxygen atoms in total. The van der Waals surface area contributed by atoms with Crippen LogP contribution >= 0.6 is 0 Å². The quantitative estimate of drug-likeness (QED) is 0.425. The zero-order valence-corrected chi connectivity index (χ0v) is 21.2. The van der Waals surface area contributed by atoms with Crippen LogP contribution in [0.1, 0.15) is 48.5 Å². The zero-order chi connectivity index (χ0) is 25.2. The number of methoxy groups -OCH3 is 3. The van der Waals surface area contributed by atoms with Crippen molar-refractivity contribution in [2.45, 2.75) is 45.3 Å². The van der Waals surface area contributed by atoms with Gasteiger partial charge in [0.05, 0.1) is 37.6 Å². The third-order valence-electron chi connectivity index (χ3n) is 6.57. The van der Waals surface area contributed by atoms with Crippen molar-refractivity contribution in [3.8, 4) is 5.75 Å². The molecule has 0 heterocycles. The smallest absolute Gasteiger partial charge is 0.340 e. The predicted molar refractivity (Wildman–Crippen MR) is 135 cm³/mol. The van der Waals surface area contributed by atoms with Crippen LogP contribution in [0.3, 0.4) is 0 Å². The second-order valence-corrected chi connectivity index (χ2v) is 9.17. The second-order valence-electron chi connectivity index (χ2n) is 9.17. The molecule has 1 amide bonds. The topological polar surface area (TPSA) is 74.3 Å². The number of amides is 1. The molecule has 1 aliphatic rings. The maximum absolute atomic E-state index is 13.9. The summed E-state index contributed by atoms with van der Waals surface area (Å²) in [4.78, 5) is 28.4. The summed E-state index contributed by atoms with van der Waals surface area (Å²) in [7, 11) is 4.52. The van der Waals surface area contributed by atoms with Crippen molar-refractivity contribution >= 4 is 17.6 Å². The van der Waals surface area contributed by atoms with E-state index in [-0.39, 0.29) is 30.6 Å². The minimum absolute atomic E-state index is 0.0147. The Morgan fingerprint density at radius 2 is 1.60 bits per heavy atom. The van der Waals surface area contributed by atoms with E-state index in [1.54, 1.807) is 37.3 Å². The Labute approximate surface area is 208 Å². The number of hydrogen-bond donors (Lipinski definition) is 0. The standard InChI is InChI=1S/C28H37NO6/c1-20-10-12-22(13-11-20)27(30)29(23(18-32-2)19-33-3)26-15-14-24(16-25(26)28(31)34-4)35-17-21-8-6-5-7-9-21/h5-9,14-16,20,22-23H,10-13,17-19H2,1-4H3. The van der Waals surface area contributed by atoms with Crippen molar-refractivity contribution < 1.29 is 28.5 Å². The lowest BCUT2D eigenvalue weighted by molar-refractivity contribution is -0.124. The molecule has 0 spiro atoms. The molecule has 0 bridgehead atoms. The third-order valence-corrected chi connectivity index (χ3v) is 6.57. The van der Waals surface area contributed by atoms with Crippen LogP contribution in [0.4, 0.5) is 5.69 Å². The first-order valence-corrected chi connectivity index (χ1v) is 12.2. The molecule has 7 heteroatoms. The van der Waals surface area contributed by atoms with Gasteiger partial charge in [0.2, 0.25) is 5.91 Å². The average Bonchev–Trinajstić information content (AvgIpc) is 2.88. The molecule has 190 valence electrons. The fourth-order valence-corrected chi connectivity index (χ4v) is 4.61. The maximum Gasteiger partial charge on any atom is 0.340 e. The summed E-state index contributed by atoms with van der Waals surface area (Å²) in [6.45, 7) is 3.13. The molecule has 1 saturated carbocycles. The molecule has 0 unspecified atom stereocenters. The van der Waals surface area contributed by atoms with Gasteiger partial charge in [-0.2, -0.15) is 0 Å². The number of anilines is 1. The van der Waals surface area contributed by atoms with Gasteiger partial charge in [-0.05, 0) is 55.4 Å². The Kier molecular flexibility index (Phi) is 10.1. The molecule has 35 heavy (non-hydrogen) atoms. The molecular formula is C28H37NO6. The molecule has 1 aliphatic carbocycles. The van der Waals surface area contributed by atoms with Crippen molar-refractivity contribution in [2.24, 2.45) is 11.8 Å². The van der Waals surface area contributed by atoms with Crippen molar-refractivity contribution in [1.29, 1.82) is 0 Å². The van der Waals surface area contributed by atoms with Crippen LogP contribution in [-0.2, 0) is 25.6 Å². The number of ether oxygens (including phenoxy) is 4. The van der Waals surface area contributed by atoms with E-state index < -0.39 is 12.0 Å². The number of benzene rings is 2. The van der Waals surface area contributed by atoms with E-state index >= 15 is 0 Å². The van der Waals surface area contributed by atoms with Gasteiger partial charge in [0, 0.05) is 20.1 Å². The van der Waals surface area contributed by atoms with Gasteiger partial charge in [0.25, 0.3) is 0 Å². The van der Waals surface area contributed by atoms with Crippen molar-refractivity contribution in [2.75, 3.05) is 39.4 Å². The first-order valence-electron chi connectivity index (χ1n) is 12.2. The lowest BCUT2D eigenvalue weighted by Gasteiger charge is -2.36. The lowest BCUT2D eigenvalue weighted by Crippen LogP contribution is -2.49. The summed E-state index contributed by atoms with van der Waals surface area (Å²) in [6, 6.07) is 14.6. The van der Waals surface area contributed by atoms with Gasteiger partial charge in [-0.15, -0.1) is 0 Å². The molecule has 0 radical (unpaired) electrons. The van der Waals surface area contributed by atoms with Gasteiger partial charge < -0.3 is 23.8 Å². The molecule has 0 atom stereocenters. The van der Waals surface area contributed by atoms with Gasteiger partial charge in [0.1, 0.15) is 12.4 Å². The van der Waals surface area contributed by atoms with Crippen LogP contribution in [0, 0.1) is 11.8 Å². The molecule has 1 fully saturated rings. The molecule has 0 aromatic heterocycles. The zero-order valence-electron chi connectivity index (χ0n) is 21.2. The Balaban J connectivity index is 1.97. The van der Waals surface area contributed by atoms with Crippen molar-refractivity contribution in [3.05, 3.63) is 59.7 Å². The average molecular weight is 484 g/mol. The maximum atomic E-state index is 13.9. The van der Waals surface area contributed by atoms with E-state index in [1.807, 2.05) is 30.3 Å². The van der Waals surface area contributed by atoms with Gasteiger partial charge in [-0.1, -0.05) is 37.3 Å². The summed E-state index contributed by atoms with van der Waals surface area (Å²) >= 11 is 0. The highest BCUT2D eigenvalue weighted by Crippen LogP contribution is 2.34. The number of rotatable bonds is 11. The van der Waals surface area contributed by atoms with Gasteiger partial charge in [0.15, 0.2) is 0 Å². The van der Waals surface area contributed by atoms with E-state index in [9.17, 15) is 9.59 Å². The first-order chi connectivity index (χ1) is 17.0. The number of hydrogen-bond acceptors (Lipinski definition) is 6. The normalized spacial score (nSPS) is 17.7. The fraction of sp³-hybridized carbons (Fsp3) is 0.500. The minimum atomic E-state index is -0.534. The number of carbonyl (C=O) groups is 2. The summed E-state index contributed by atoms with van der Waals surface area (Å²) in [6.07, 6.45) is 3.68. The minimum Gasteiger partial charge on any atom is -0.489 e. The van der Waals surface area contributed by atoms with Crippen molar-refractivity contribution in [3.63, 3.8) is 0 Å². The fourth-order valence-electron chi connectivity index (χ4n) is 4.61.